The molecule has 2 aliphatic rings. The van der Waals surface area contributed by atoms with Gasteiger partial charge in [0.15, 0.2) is 0 Å². The predicted molar refractivity (Wildman–Crippen MR) is 72.9 cm³/mol. The second-order valence-corrected chi connectivity index (χ2v) is 6.59. The molecule has 0 amide bonds. The molecule has 0 aliphatic carbocycles. The summed E-state index contributed by atoms with van der Waals surface area (Å²) in [5.74, 6) is 0. The van der Waals surface area contributed by atoms with Gasteiger partial charge in [-0.25, -0.2) is 0 Å². The Kier molecular flexibility index (Phi) is 3.57. The van der Waals surface area contributed by atoms with Gasteiger partial charge >= 0.3 is 0 Å². The standard InChI is InChI=1S/C12H20N4O2S/c1-8-11-4-15(10-3-9(13)6-18-7-10)5-12(11)16(14-8)19(2)17/h9-10H,3-7,13H2,1-2H3. The summed E-state index contributed by atoms with van der Waals surface area (Å²) in [5.41, 5.74) is 9.24. The summed E-state index contributed by atoms with van der Waals surface area (Å²) in [7, 11) is 0. The second-order valence-electron chi connectivity index (χ2n) is 5.40. The minimum Gasteiger partial charge on any atom is -0.592 e. The van der Waals surface area contributed by atoms with Gasteiger partial charge in [-0.15, -0.1) is 5.10 Å². The van der Waals surface area contributed by atoms with Crippen LogP contribution in [0.15, 0.2) is 0 Å². The molecule has 0 saturated carbocycles. The number of hydrogen-bond donors (Lipinski definition) is 1. The first-order chi connectivity index (χ1) is 9.06. The zero-order chi connectivity index (χ0) is 13.6. The van der Waals surface area contributed by atoms with Crippen molar-refractivity contribution in [3.05, 3.63) is 17.0 Å². The Hall–Kier alpha value is -0.600. The van der Waals surface area contributed by atoms with Gasteiger partial charge < -0.3 is 15.0 Å². The summed E-state index contributed by atoms with van der Waals surface area (Å²) in [4.78, 5) is 2.36. The third-order valence-corrected chi connectivity index (χ3v) is 4.74. The first-order valence-corrected chi connectivity index (χ1v) is 8.06. The van der Waals surface area contributed by atoms with E-state index in [2.05, 4.69) is 10.00 Å². The number of nitrogens with zero attached hydrogens (tertiary/aromatic N) is 3. The van der Waals surface area contributed by atoms with Crippen LogP contribution in [0.5, 0.6) is 0 Å². The van der Waals surface area contributed by atoms with Crippen LogP contribution < -0.4 is 5.73 Å². The van der Waals surface area contributed by atoms with Gasteiger partial charge in [0, 0.05) is 30.7 Å². The highest BCUT2D eigenvalue weighted by atomic mass is 32.2. The molecule has 7 heteroatoms. The molecule has 0 radical (unpaired) electrons. The lowest BCUT2D eigenvalue weighted by atomic mass is 10.1. The molecule has 0 spiro atoms. The smallest absolute Gasteiger partial charge is 0.123 e. The molecule has 3 atom stereocenters. The van der Waals surface area contributed by atoms with Crippen molar-refractivity contribution < 1.29 is 9.29 Å². The maximum Gasteiger partial charge on any atom is 0.123 e. The lowest BCUT2D eigenvalue weighted by molar-refractivity contribution is 0.00498. The van der Waals surface area contributed by atoms with Gasteiger partial charge in [-0.1, -0.05) is 4.09 Å². The van der Waals surface area contributed by atoms with Crippen LogP contribution in [0.1, 0.15) is 23.4 Å². The third kappa shape index (κ3) is 2.41. The van der Waals surface area contributed by atoms with Gasteiger partial charge in [0.25, 0.3) is 0 Å². The van der Waals surface area contributed by atoms with Crippen molar-refractivity contribution in [2.75, 3.05) is 19.5 Å². The van der Waals surface area contributed by atoms with Gasteiger partial charge in [0.1, 0.15) is 11.9 Å². The summed E-state index contributed by atoms with van der Waals surface area (Å²) in [6.45, 7) is 5.02. The second kappa shape index (κ2) is 5.06. The van der Waals surface area contributed by atoms with Crippen molar-refractivity contribution in [1.82, 2.24) is 14.1 Å². The molecule has 2 N–H and O–H groups in total. The van der Waals surface area contributed by atoms with Crippen LogP contribution in [0.2, 0.25) is 0 Å². The molecular formula is C12H20N4O2S. The number of hydrogen-bond acceptors (Lipinski definition) is 5. The Morgan fingerprint density at radius 3 is 2.89 bits per heavy atom. The van der Waals surface area contributed by atoms with Crippen molar-refractivity contribution in [3.63, 3.8) is 0 Å². The maximum absolute atomic E-state index is 11.7. The number of rotatable bonds is 2. The highest BCUT2D eigenvalue weighted by Gasteiger charge is 2.35. The molecule has 106 valence electrons. The monoisotopic (exact) mass is 284 g/mol. The van der Waals surface area contributed by atoms with E-state index in [1.54, 1.807) is 10.3 Å². The zero-order valence-electron chi connectivity index (χ0n) is 11.3. The van der Waals surface area contributed by atoms with Crippen LogP contribution in [-0.4, -0.2) is 50.2 Å². The molecule has 19 heavy (non-hydrogen) atoms. The third-order valence-electron chi connectivity index (χ3n) is 3.95. The van der Waals surface area contributed by atoms with Crippen molar-refractivity contribution in [2.24, 2.45) is 5.73 Å². The predicted octanol–water partition coefficient (Wildman–Crippen LogP) is -0.235. The van der Waals surface area contributed by atoms with Crippen molar-refractivity contribution in [1.29, 1.82) is 0 Å². The summed E-state index contributed by atoms with van der Waals surface area (Å²) in [6, 6.07) is 0.481. The molecule has 3 rings (SSSR count). The zero-order valence-corrected chi connectivity index (χ0v) is 12.2. The molecule has 1 aromatic rings. The summed E-state index contributed by atoms with van der Waals surface area (Å²) in [6.07, 6.45) is 2.63. The van der Waals surface area contributed by atoms with E-state index in [0.717, 1.165) is 37.5 Å². The van der Waals surface area contributed by atoms with Crippen molar-refractivity contribution in [2.45, 2.75) is 38.5 Å². The minimum atomic E-state index is -1.09. The molecule has 0 bridgehead atoms. The van der Waals surface area contributed by atoms with Crippen LogP contribution in [0, 0.1) is 6.92 Å². The van der Waals surface area contributed by atoms with E-state index in [4.69, 9.17) is 10.5 Å². The van der Waals surface area contributed by atoms with Gasteiger partial charge in [0.2, 0.25) is 0 Å². The van der Waals surface area contributed by atoms with E-state index < -0.39 is 11.4 Å². The highest BCUT2D eigenvalue weighted by Crippen LogP contribution is 2.29. The first kappa shape index (κ1) is 13.4. The molecule has 0 aromatic carbocycles. The van der Waals surface area contributed by atoms with Gasteiger partial charge in [-0.2, -0.15) is 0 Å². The van der Waals surface area contributed by atoms with Gasteiger partial charge in [-0.3, -0.25) is 4.90 Å². The molecule has 3 unspecified atom stereocenters. The number of ether oxygens (including phenoxy) is 1. The summed E-state index contributed by atoms with van der Waals surface area (Å²) in [5, 5.41) is 4.36. The quantitative estimate of drug-likeness (QED) is 0.759. The Labute approximate surface area is 116 Å². The number of aryl methyl sites for hydroxylation is 1. The average Bonchev–Trinajstić information content (AvgIpc) is 2.90. The van der Waals surface area contributed by atoms with Crippen molar-refractivity contribution in [3.8, 4) is 0 Å². The Morgan fingerprint density at radius 1 is 1.42 bits per heavy atom. The normalized spacial score (nSPS) is 29.5. The van der Waals surface area contributed by atoms with Crippen LogP contribution in [0.3, 0.4) is 0 Å². The van der Waals surface area contributed by atoms with E-state index in [9.17, 15) is 4.55 Å². The Bertz CT molecular complexity index is 477. The average molecular weight is 284 g/mol. The lowest BCUT2D eigenvalue weighted by Crippen LogP contribution is -2.46. The van der Waals surface area contributed by atoms with Crippen LogP contribution >= 0.6 is 0 Å². The summed E-state index contributed by atoms with van der Waals surface area (Å²) < 4.78 is 18.9. The SMILES string of the molecule is Cc1nn([S+](C)[O-])c2c1CN(C1COCC(N)C1)C2. The number of aromatic nitrogens is 2. The molecule has 3 heterocycles. The molecule has 2 aliphatic heterocycles. The van der Waals surface area contributed by atoms with E-state index in [0.29, 0.717) is 12.6 Å². The van der Waals surface area contributed by atoms with E-state index in [1.807, 2.05) is 6.92 Å². The molecular weight excluding hydrogens is 264 g/mol. The van der Waals surface area contributed by atoms with Crippen LogP contribution in [-0.2, 0) is 29.2 Å². The maximum atomic E-state index is 11.7. The Morgan fingerprint density at radius 2 is 2.21 bits per heavy atom. The topological polar surface area (TPSA) is 79.4 Å². The van der Waals surface area contributed by atoms with Crippen LogP contribution in [0.4, 0.5) is 0 Å². The fourth-order valence-corrected chi connectivity index (χ4v) is 3.68. The fraction of sp³-hybridized carbons (Fsp3) is 0.750. The molecule has 1 fully saturated rings. The minimum absolute atomic E-state index is 0.125. The van der Waals surface area contributed by atoms with E-state index in [-0.39, 0.29) is 6.04 Å². The van der Waals surface area contributed by atoms with E-state index >= 15 is 0 Å². The van der Waals surface area contributed by atoms with Crippen molar-refractivity contribution >= 4 is 11.4 Å². The largest absolute Gasteiger partial charge is 0.592 e. The molecule has 1 aromatic heterocycles. The van der Waals surface area contributed by atoms with E-state index in [1.165, 1.54) is 5.56 Å². The highest BCUT2D eigenvalue weighted by molar-refractivity contribution is 7.89. The van der Waals surface area contributed by atoms with Crippen LogP contribution in [0.25, 0.3) is 0 Å². The lowest BCUT2D eigenvalue weighted by Gasteiger charge is -2.33. The summed E-state index contributed by atoms with van der Waals surface area (Å²) >= 11 is -1.09. The molecule has 6 nitrogen and oxygen atoms in total. The molecule has 1 saturated heterocycles. The fourth-order valence-electron chi connectivity index (χ4n) is 2.96. The van der Waals surface area contributed by atoms with Gasteiger partial charge in [-0.05, 0) is 13.3 Å². The number of fused-ring (bicyclic) bond motifs is 1. The first-order valence-electron chi connectivity index (χ1n) is 6.55. The Balaban J connectivity index is 1.78. The number of nitrogens with two attached hydrogens (primary N) is 1. The van der Waals surface area contributed by atoms with Gasteiger partial charge in [0.05, 0.1) is 30.3 Å².